The predicted octanol–water partition coefficient (Wildman–Crippen LogP) is 0.0504. The van der Waals surface area contributed by atoms with Gasteiger partial charge in [-0.3, -0.25) is 20.4 Å². The summed E-state index contributed by atoms with van der Waals surface area (Å²) in [6.45, 7) is 0.682. The van der Waals surface area contributed by atoms with Crippen LogP contribution in [0.4, 0.5) is 0 Å². The lowest BCUT2D eigenvalue weighted by Crippen LogP contribution is -2.45. The molecule has 1 aliphatic heterocycles. The Morgan fingerprint density at radius 1 is 0.750 bits per heavy atom. The molecule has 2 amide bonds. The lowest BCUT2D eigenvalue weighted by Gasteiger charge is -2.31. The van der Waals surface area contributed by atoms with Crippen molar-refractivity contribution in [2.24, 2.45) is 11.7 Å². The standard InChI is InChI=1S/C18H20N4O6/c19-21-15(23)11-1-5-13(6-2-11)27-17-18(26-10-9-25-17)28-14-7-3-12(4-8-14)16(24)22-20/h1-8,17-18H,9-10,19-20H2,(H,21,23)(H,22,24). The Labute approximate surface area is 160 Å². The molecule has 0 radical (unpaired) electrons. The van der Waals surface area contributed by atoms with Gasteiger partial charge < -0.3 is 18.9 Å². The maximum atomic E-state index is 11.5. The van der Waals surface area contributed by atoms with Crippen molar-refractivity contribution in [3.05, 3.63) is 59.7 Å². The van der Waals surface area contributed by atoms with E-state index in [1.807, 2.05) is 0 Å². The first kappa shape index (κ1) is 19.6. The van der Waals surface area contributed by atoms with Gasteiger partial charge in [0, 0.05) is 11.1 Å². The van der Waals surface area contributed by atoms with Gasteiger partial charge in [0.1, 0.15) is 11.5 Å². The molecule has 10 heteroatoms. The molecular formula is C18H20N4O6. The summed E-state index contributed by atoms with van der Waals surface area (Å²) >= 11 is 0. The van der Waals surface area contributed by atoms with Gasteiger partial charge >= 0.3 is 0 Å². The number of hydrazine groups is 2. The van der Waals surface area contributed by atoms with E-state index < -0.39 is 24.4 Å². The number of nitrogen functional groups attached to an aromatic ring is 2. The van der Waals surface area contributed by atoms with E-state index in [4.69, 9.17) is 30.6 Å². The number of rotatable bonds is 6. The monoisotopic (exact) mass is 388 g/mol. The van der Waals surface area contributed by atoms with Crippen molar-refractivity contribution in [2.75, 3.05) is 13.2 Å². The molecule has 0 aliphatic carbocycles. The van der Waals surface area contributed by atoms with E-state index in [0.29, 0.717) is 35.8 Å². The Morgan fingerprint density at radius 2 is 1.11 bits per heavy atom. The molecule has 2 aromatic rings. The highest BCUT2D eigenvalue weighted by atomic mass is 16.8. The molecule has 2 unspecified atom stereocenters. The van der Waals surface area contributed by atoms with Crippen LogP contribution in [0, 0.1) is 0 Å². The molecule has 2 atom stereocenters. The number of carbonyl (C=O) groups excluding carboxylic acids is 2. The highest BCUT2D eigenvalue weighted by Gasteiger charge is 2.31. The summed E-state index contributed by atoms with van der Waals surface area (Å²) < 4.78 is 22.7. The molecule has 3 rings (SSSR count). The number of hydrogen-bond donors (Lipinski definition) is 4. The predicted molar refractivity (Wildman–Crippen MR) is 96.9 cm³/mol. The minimum Gasteiger partial charge on any atom is -0.458 e. The van der Waals surface area contributed by atoms with E-state index in [1.54, 1.807) is 48.5 Å². The van der Waals surface area contributed by atoms with Crippen LogP contribution < -0.4 is 32.0 Å². The van der Waals surface area contributed by atoms with Crippen molar-refractivity contribution >= 4 is 11.8 Å². The first-order chi connectivity index (χ1) is 13.6. The van der Waals surface area contributed by atoms with Gasteiger partial charge in [-0.25, -0.2) is 11.7 Å². The van der Waals surface area contributed by atoms with Gasteiger partial charge in [-0.2, -0.15) is 0 Å². The molecule has 6 N–H and O–H groups in total. The molecule has 0 bridgehead atoms. The number of nitrogens with one attached hydrogen (secondary N) is 2. The van der Waals surface area contributed by atoms with E-state index in [2.05, 4.69) is 10.9 Å². The number of nitrogens with two attached hydrogens (primary N) is 2. The molecule has 148 valence electrons. The molecule has 2 aromatic carbocycles. The fraction of sp³-hybridized carbons (Fsp3) is 0.222. The first-order valence-electron chi connectivity index (χ1n) is 8.39. The van der Waals surface area contributed by atoms with Gasteiger partial charge in [0.05, 0.1) is 13.2 Å². The molecule has 0 aromatic heterocycles. The summed E-state index contributed by atoms with van der Waals surface area (Å²) in [5, 5.41) is 0. The summed E-state index contributed by atoms with van der Waals surface area (Å²) in [5.41, 5.74) is 4.90. The maximum Gasteiger partial charge on any atom is 0.265 e. The number of ether oxygens (including phenoxy) is 4. The highest BCUT2D eigenvalue weighted by molar-refractivity contribution is 5.94. The molecule has 1 fully saturated rings. The lowest BCUT2D eigenvalue weighted by molar-refractivity contribution is -0.271. The molecular weight excluding hydrogens is 368 g/mol. The average molecular weight is 388 g/mol. The van der Waals surface area contributed by atoms with Crippen LogP contribution in [0.25, 0.3) is 0 Å². The van der Waals surface area contributed by atoms with Crippen LogP contribution in [0.15, 0.2) is 48.5 Å². The van der Waals surface area contributed by atoms with Gasteiger partial charge in [-0.15, -0.1) is 0 Å². The summed E-state index contributed by atoms with van der Waals surface area (Å²) in [4.78, 5) is 23.0. The normalized spacial score (nSPS) is 18.8. The van der Waals surface area contributed by atoms with Gasteiger partial charge in [0.25, 0.3) is 24.4 Å². The van der Waals surface area contributed by atoms with Gasteiger partial charge in [0.2, 0.25) is 0 Å². The van der Waals surface area contributed by atoms with Gasteiger partial charge in [0.15, 0.2) is 0 Å². The fourth-order valence-corrected chi connectivity index (χ4v) is 2.47. The minimum absolute atomic E-state index is 0.341. The maximum absolute atomic E-state index is 11.5. The summed E-state index contributed by atoms with van der Waals surface area (Å²) in [6.07, 6.45) is -1.65. The van der Waals surface area contributed by atoms with Crippen molar-refractivity contribution in [1.82, 2.24) is 10.9 Å². The zero-order chi connectivity index (χ0) is 19.9. The van der Waals surface area contributed by atoms with Crippen LogP contribution in [-0.2, 0) is 9.47 Å². The Balaban J connectivity index is 1.65. The third kappa shape index (κ3) is 4.75. The number of hydrogen-bond acceptors (Lipinski definition) is 8. The second-order valence-electron chi connectivity index (χ2n) is 5.71. The van der Waals surface area contributed by atoms with Crippen LogP contribution in [-0.4, -0.2) is 37.6 Å². The Bertz CT molecular complexity index is 742. The quantitative estimate of drug-likeness (QED) is 0.308. The van der Waals surface area contributed by atoms with Crippen molar-refractivity contribution in [1.29, 1.82) is 0 Å². The summed E-state index contributed by atoms with van der Waals surface area (Å²) in [6, 6.07) is 12.7. The van der Waals surface area contributed by atoms with Crippen LogP contribution in [0.2, 0.25) is 0 Å². The van der Waals surface area contributed by atoms with Crippen LogP contribution in [0.1, 0.15) is 20.7 Å². The topological polar surface area (TPSA) is 147 Å². The zero-order valence-electron chi connectivity index (χ0n) is 14.8. The SMILES string of the molecule is NNC(=O)c1ccc(OC2OCCOC2Oc2ccc(C(=O)NN)cc2)cc1. The number of benzene rings is 2. The van der Waals surface area contributed by atoms with Crippen LogP contribution >= 0.6 is 0 Å². The minimum atomic E-state index is -0.824. The fourth-order valence-electron chi connectivity index (χ4n) is 2.47. The van der Waals surface area contributed by atoms with E-state index >= 15 is 0 Å². The largest absolute Gasteiger partial charge is 0.458 e. The van der Waals surface area contributed by atoms with Crippen LogP contribution in [0.5, 0.6) is 11.5 Å². The second-order valence-corrected chi connectivity index (χ2v) is 5.71. The third-order valence-electron chi connectivity index (χ3n) is 3.87. The smallest absolute Gasteiger partial charge is 0.265 e. The lowest BCUT2D eigenvalue weighted by atomic mass is 10.2. The second kappa shape index (κ2) is 9.15. The van der Waals surface area contributed by atoms with Gasteiger partial charge in [-0.1, -0.05) is 0 Å². The molecule has 10 nitrogen and oxygen atoms in total. The zero-order valence-corrected chi connectivity index (χ0v) is 14.8. The summed E-state index contributed by atoms with van der Waals surface area (Å²) in [7, 11) is 0. The molecule has 28 heavy (non-hydrogen) atoms. The van der Waals surface area contributed by atoms with Gasteiger partial charge in [-0.05, 0) is 48.5 Å². The van der Waals surface area contributed by atoms with Crippen molar-refractivity contribution in [2.45, 2.75) is 12.6 Å². The van der Waals surface area contributed by atoms with Crippen molar-refractivity contribution in [3.8, 4) is 11.5 Å². The van der Waals surface area contributed by atoms with E-state index in [-0.39, 0.29) is 0 Å². The van der Waals surface area contributed by atoms with Crippen molar-refractivity contribution in [3.63, 3.8) is 0 Å². The number of carbonyl (C=O) groups is 2. The molecule has 1 heterocycles. The number of amides is 2. The van der Waals surface area contributed by atoms with Crippen LogP contribution in [0.3, 0.4) is 0 Å². The van der Waals surface area contributed by atoms with Crippen molar-refractivity contribution < 1.29 is 28.5 Å². The van der Waals surface area contributed by atoms with E-state index in [9.17, 15) is 9.59 Å². The third-order valence-corrected chi connectivity index (χ3v) is 3.87. The van der Waals surface area contributed by atoms with E-state index in [1.165, 1.54) is 0 Å². The summed E-state index contributed by atoms with van der Waals surface area (Å²) in [5.74, 6) is 10.3. The Kier molecular flexibility index (Phi) is 6.40. The Hall–Kier alpha value is -3.18. The first-order valence-corrected chi connectivity index (χ1v) is 8.39. The highest BCUT2D eigenvalue weighted by Crippen LogP contribution is 2.22. The molecule has 0 saturated carbocycles. The average Bonchev–Trinajstić information content (AvgIpc) is 2.75. The Morgan fingerprint density at radius 3 is 1.43 bits per heavy atom. The van der Waals surface area contributed by atoms with E-state index in [0.717, 1.165) is 0 Å². The molecule has 1 saturated heterocycles. The molecule has 1 aliphatic rings. The molecule has 0 spiro atoms.